The highest BCUT2D eigenvalue weighted by atomic mass is 35.5. The van der Waals surface area contributed by atoms with Crippen molar-refractivity contribution in [3.05, 3.63) is 59.1 Å². The number of anilines is 1. The highest BCUT2D eigenvalue weighted by molar-refractivity contribution is 7.83. The van der Waals surface area contributed by atoms with Crippen LogP contribution in [0.2, 0.25) is 5.02 Å². The Morgan fingerprint density at radius 1 is 1.08 bits per heavy atom. The van der Waals surface area contributed by atoms with Crippen molar-refractivity contribution in [1.82, 2.24) is 14.9 Å². The van der Waals surface area contributed by atoms with Crippen molar-refractivity contribution in [3.8, 4) is 11.5 Å². The van der Waals surface area contributed by atoms with Gasteiger partial charge in [0.25, 0.3) is 5.91 Å². The summed E-state index contributed by atoms with van der Waals surface area (Å²) in [5, 5.41) is 3.36. The number of halogens is 1. The van der Waals surface area contributed by atoms with Crippen LogP contribution in [-0.4, -0.2) is 92.9 Å². The monoisotopic (exact) mass is 760 g/mol. The number of amides is 2. The number of likely N-dealkylation sites (tertiary alicyclic amines) is 1. The van der Waals surface area contributed by atoms with E-state index in [4.69, 9.17) is 30.5 Å². The molecule has 0 radical (unpaired) electrons. The molecule has 1 spiro atoms. The first kappa shape index (κ1) is 41.4. The van der Waals surface area contributed by atoms with Crippen molar-refractivity contribution >= 4 is 40.3 Å². The van der Waals surface area contributed by atoms with Crippen LogP contribution in [0.25, 0.3) is 0 Å². The molecule has 2 bridgehead atoms. The summed E-state index contributed by atoms with van der Waals surface area (Å²) in [7, 11) is 1.92. The Balaban J connectivity index is 0.00000115. The predicted octanol–water partition coefficient (Wildman–Crippen LogP) is 6.64. The molecule has 0 aromatic heterocycles. The molecule has 2 amide bonds. The number of hydrogen-bond donors (Lipinski definition) is 2. The summed E-state index contributed by atoms with van der Waals surface area (Å²) in [6.45, 7) is 13.1. The summed E-state index contributed by atoms with van der Waals surface area (Å²) in [5.74, 6) is 0.932. The average molecular weight is 761 g/mol. The molecule has 6 rings (SSSR count). The second-order valence-corrected chi connectivity index (χ2v) is 15.5. The van der Waals surface area contributed by atoms with Gasteiger partial charge in [0.2, 0.25) is 0 Å². The van der Waals surface area contributed by atoms with Gasteiger partial charge in [-0.05, 0) is 96.5 Å². The van der Waals surface area contributed by atoms with E-state index in [9.17, 15) is 13.8 Å². The first-order valence-electron chi connectivity index (χ1n) is 18.5. The van der Waals surface area contributed by atoms with E-state index in [1.165, 1.54) is 0 Å². The number of rotatable bonds is 2. The molecular weight excluding hydrogens is 704 g/mol. The van der Waals surface area contributed by atoms with Gasteiger partial charge in [-0.25, -0.2) is 9.00 Å². The molecule has 4 atom stereocenters. The maximum absolute atomic E-state index is 13.5. The van der Waals surface area contributed by atoms with Crippen LogP contribution in [0, 0.1) is 5.92 Å². The van der Waals surface area contributed by atoms with Gasteiger partial charge in [-0.2, -0.15) is 0 Å². The second kappa shape index (κ2) is 19.1. The molecule has 2 N–H and O–H groups in total. The van der Waals surface area contributed by atoms with Crippen molar-refractivity contribution in [1.29, 1.82) is 0 Å². The molecule has 1 fully saturated rings. The van der Waals surface area contributed by atoms with Gasteiger partial charge >= 0.3 is 6.09 Å². The molecule has 52 heavy (non-hydrogen) atoms. The third kappa shape index (κ3) is 10.0. The van der Waals surface area contributed by atoms with Crippen LogP contribution in [0.4, 0.5) is 10.5 Å². The van der Waals surface area contributed by atoms with Crippen molar-refractivity contribution < 1.29 is 32.7 Å². The lowest BCUT2D eigenvalue weighted by Gasteiger charge is -2.40. The zero-order chi connectivity index (χ0) is 37.9. The number of carbonyl (C=O) groups excluding carboxylic acids is 2. The molecule has 11 nitrogen and oxygen atoms in total. The second-order valence-electron chi connectivity index (χ2n) is 13.8. The van der Waals surface area contributed by atoms with E-state index in [1.54, 1.807) is 24.8 Å². The largest absolute Gasteiger partial charge is 0.493 e. The molecule has 0 saturated carbocycles. The summed E-state index contributed by atoms with van der Waals surface area (Å²) in [6, 6.07) is 11.2. The zero-order valence-corrected chi connectivity index (χ0v) is 33.4. The maximum atomic E-state index is 13.5. The number of fused-ring (bicyclic) bond motifs is 3. The Kier molecular flexibility index (Phi) is 15.3. The van der Waals surface area contributed by atoms with Crippen LogP contribution in [0.3, 0.4) is 0 Å². The van der Waals surface area contributed by atoms with Gasteiger partial charge in [0.05, 0.1) is 35.8 Å². The molecule has 1 saturated heterocycles. The number of benzene rings is 2. The summed E-state index contributed by atoms with van der Waals surface area (Å²) < 4.78 is 40.8. The summed E-state index contributed by atoms with van der Waals surface area (Å²) in [5.41, 5.74) is 0.187. The molecule has 288 valence electrons. The summed E-state index contributed by atoms with van der Waals surface area (Å²) in [6.07, 6.45) is 7.09. The average Bonchev–Trinajstić information content (AvgIpc) is 3.63. The molecule has 2 aromatic carbocycles. The lowest BCUT2D eigenvalue weighted by atomic mass is 9.76. The minimum atomic E-state index is -1.83. The predicted molar refractivity (Wildman–Crippen MR) is 207 cm³/mol. The Bertz CT molecular complexity index is 1570. The first-order chi connectivity index (χ1) is 25.0. The number of ether oxygens (including phenoxy) is 4. The SMILES string of the molecule is CC.CCC1CCN2C[C@@]3(CCOc4cc(Cl)ccc43)COc3ccc(cc32)S(=O)NC(=O)C(C)(C)OC/C=C/C1OC(=O)N1CCCC1.CNC. The standard InChI is InChI=1S/C35H44ClN3O7S.C2H7N.C2H6/c1-4-24-13-17-39-22-35(14-19-43-31-20-25(36)9-11-27(31)35)23-44-30-12-10-26(21-28(30)39)47(42)37-32(40)34(2,3)45-18-7-8-29(24)46-33(41)38-15-5-6-16-38;1-3-2;1-2/h7-12,20-21,24,29H,4-6,13-19,22-23H2,1-3H3,(H,37,40);3H,1-2H3;1-2H3/b8-7+;;/t24?,29?,35-,47?;;/m0../s1. The molecule has 3 unspecified atom stereocenters. The highest BCUT2D eigenvalue weighted by Gasteiger charge is 2.43. The van der Waals surface area contributed by atoms with Crippen LogP contribution in [0.15, 0.2) is 53.4 Å². The van der Waals surface area contributed by atoms with Gasteiger partial charge in [-0.15, -0.1) is 0 Å². The first-order valence-corrected chi connectivity index (χ1v) is 20.0. The Morgan fingerprint density at radius 2 is 1.81 bits per heavy atom. The smallest absolute Gasteiger partial charge is 0.410 e. The minimum Gasteiger partial charge on any atom is -0.493 e. The van der Waals surface area contributed by atoms with Gasteiger partial charge in [-0.3, -0.25) is 9.52 Å². The van der Waals surface area contributed by atoms with Gasteiger partial charge in [0, 0.05) is 42.7 Å². The molecule has 13 heteroatoms. The van der Waals surface area contributed by atoms with Gasteiger partial charge in [-0.1, -0.05) is 44.5 Å². The van der Waals surface area contributed by atoms with Crippen LogP contribution in [0.5, 0.6) is 11.5 Å². The maximum Gasteiger partial charge on any atom is 0.410 e. The van der Waals surface area contributed by atoms with Crippen LogP contribution >= 0.6 is 11.6 Å². The summed E-state index contributed by atoms with van der Waals surface area (Å²) >= 11 is 6.35. The van der Waals surface area contributed by atoms with Crippen molar-refractivity contribution in [3.63, 3.8) is 0 Å². The lowest BCUT2D eigenvalue weighted by molar-refractivity contribution is -0.139. The fourth-order valence-electron chi connectivity index (χ4n) is 6.84. The number of nitrogens with one attached hydrogen (secondary N) is 2. The van der Waals surface area contributed by atoms with Crippen LogP contribution in [-0.2, 0) is 30.7 Å². The molecule has 4 aliphatic rings. The third-order valence-corrected chi connectivity index (χ3v) is 11.1. The molecule has 4 heterocycles. The molecular formula is C39H57ClN4O7S. The normalized spacial score (nSPS) is 26.1. The zero-order valence-electron chi connectivity index (χ0n) is 31.8. The van der Waals surface area contributed by atoms with E-state index < -0.39 is 34.0 Å². The van der Waals surface area contributed by atoms with E-state index in [1.807, 2.05) is 70.4 Å². The minimum absolute atomic E-state index is 0.00341. The Hall–Kier alpha value is -3.32. The van der Waals surface area contributed by atoms with E-state index in [0.717, 1.165) is 42.7 Å². The summed E-state index contributed by atoms with van der Waals surface area (Å²) in [4.78, 5) is 30.9. The van der Waals surface area contributed by atoms with Crippen molar-refractivity contribution in [2.24, 2.45) is 5.92 Å². The topological polar surface area (TPSA) is 119 Å². The highest BCUT2D eigenvalue weighted by Crippen LogP contribution is 2.46. The number of carbonyl (C=O) groups is 2. The Labute approximate surface area is 317 Å². The van der Waals surface area contributed by atoms with E-state index in [0.29, 0.717) is 61.5 Å². The van der Waals surface area contributed by atoms with Gasteiger partial charge < -0.3 is 34.1 Å². The number of hydrogen-bond acceptors (Lipinski definition) is 9. The van der Waals surface area contributed by atoms with Gasteiger partial charge in [0.15, 0.2) is 11.0 Å². The van der Waals surface area contributed by atoms with E-state index in [-0.39, 0.29) is 18.6 Å². The van der Waals surface area contributed by atoms with E-state index >= 15 is 0 Å². The van der Waals surface area contributed by atoms with Crippen LogP contribution in [0.1, 0.15) is 72.3 Å². The molecule has 0 aliphatic carbocycles. The van der Waals surface area contributed by atoms with E-state index in [2.05, 4.69) is 21.9 Å². The molecule has 2 aromatic rings. The molecule has 4 aliphatic heterocycles. The van der Waals surface area contributed by atoms with Crippen LogP contribution < -0.4 is 24.4 Å². The van der Waals surface area contributed by atoms with Gasteiger partial charge in [0.1, 0.15) is 23.2 Å². The quantitative estimate of drug-likeness (QED) is 0.325. The third-order valence-electron chi connectivity index (χ3n) is 9.79. The fraction of sp³-hybridized carbons (Fsp3) is 0.590. The lowest BCUT2D eigenvalue weighted by Crippen LogP contribution is -2.47. The Morgan fingerprint density at radius 3 is 2.52 bits per heavy atom. The number of nitrogens with zero attached hydrogens (tertiary/aromatic N) is 2. The van der Waals surface area contributed by atoms with Crippen molar-refractivity contribution in [2.75, 3.05) is 65.0 Å². The fourth-order valence-corrected chi connectivity index (χ4v) is 7.94. The van der Waals surface area contributed by atoms with Crippen molar-refractivity contribution in [2.45, 2.75) is 88.7 Å².